The van der Waals surface area contributed by atoms with Gasteiger partial charge in [0, 0.05) is 33.2 Å². The molecular formula is C60H114O3Si3. The van der Waals surface area contributed by atoms with Crippen molar-refractivity contribution >= 4 is 25.7 Å². The second-order valence-corrected chi connectivity index (χ2v) is 40.3. The summed E-state index contributed by atoms with van der Waals surface area (Å²) in [6.07, 6.45) is 24.6. The average molecular weight is 968 g/mol. The van der Waals surface area contributed by atoms with Crippen molar-refractivity contribution in [1.29, 1.82) is 0 Å². The van der Waals surface area contributed by atoms with E-state index in [0.29, 0.717) is 104 Å². The Labute approximate surface area is 415 Å². The minimum Gasteiger partial charge on any atom is -0.415 e. The molecule has 1 heterocycles. The highest BCUT2D eigenvalue weighted by Crippen LogP contribution is 2.71. The van der Waals surface area contributed by atoms with E-state index in [2.05, 4.69) is 125 Å². The molecule has 0 aromatic heterocycles. The van der Waals surface area contributed by atoms with E-state index in [9.17, 15) is 12.3 Å². The van der Waals surface area contributed by atoms with Crippen LogP contribution in [-0.2, 0) is 12.3 Å². The first-order valence-electron chi connectivity index (χ1n) is 30.1. The second kappa shape index (κ2) is 21.9. The Morgan fingerprint density at radius 1 is 0.242 bits per heavy atom. The van der Waals surface area contributed by atoms with Crippen LogP contribution in [0.15, 0.2) is 0 Å². The fraction of sp³-hybridized carbons (Fsp3) is 1.00. The summed E-state index contributed by atoms with van der Waals surface area (Å²) in [7, 11) is -9.51. The monoisotopic (exact) mass is 967 g/mol. The van der Waals surface area contributed by atoms with Crippen molar-refractivity contribution in [2.45, 2.75) is 273 Å². The Balaban J connectivity index is 1.69. The highest BCUT2D eigenvalue weighted by atomic mass is 28.5. The van der Waals surface area contributed by atoms with Crippen molar-refractivity contribution in [2.24, 2.45) is 107 Å². The zero-order chi connectivity index (χ0) is 48.2. The molecule has 6 aliphatic carbocycles. The minimum atomic E-state index is -3.17. The van der Waals surface area contributed by atoms with Gasteiger partial charge in [0.2, 0.25) is 0 Å². The third kappa shape index (κ3) is 10.6. The summed E-state index contributed by atoms with van der Waals surface area (Å²) in [5.41, 5.74) is 3.39. The molecule has 7 rings (SSSR count). The fourth-order valence-electron chi connectivity index (χ4n) is 18.5. The van der Waals surface area contributed by atoms with Crippen molar-refractivity contribution in [3.8, 4) is 0 Å². The van der Waals surface area contributed by atoms with Crippen molar-refractivity contribution < 1.29 is 12.3 Å². The van der Waals surface area contributed by atoms with Gasteiger partial charge in [0.1, 0.15) is 0 Å². The smallest absolute Gasteiger partial charge is 0.327 e. The molecule has 0 radical (unpaired) electrons. The highest BCUT2D eigenvalue weighted by Gasteiger charge is 2.78. The maximum atomic E-state index is 9.68. The third-order valence-corrected chi connectivity index (χ3v) is 40.0. The van der Waals surface area contributed by atoms with Crippen LogP contribution in [0.4, 0.5) is 0 Å². The van der Waals surface area contributed by atoms with E-state index in [1.165, 1.54) is 116 Å². The van der Waals surface area contributed by atoms with Crippen LogP contribution in [0.25, 0.3) is 0 Å². The molecule has 6 saturated carbocycles. The molecule has 0 spiro atoms. The maximum absolute atomic E-state index is 9.68. The molecule has 0 amide bonds. The molecule has 0 aromatic carbocycles. The topological polar surface area (TPSA) is 27.7 Å². The fourth-order valence-corrected chi connectivity index (χ4v) is 46.3. The summed E-state index contributed by atoms with van der Waals surface area (Å²) in [6, 6.07) is 0. The summed E-state index contributed by atoms with van der Waals surface area (Å²) < 4.78 is 29.1. The maximum Gasteiger partial charge on any atom is 0.327 e. The largest absolute Gasteiger partial charge is 0.415 e. The Morgan fingerprint density at radius 2 is 0.379 bits per heavy atom. The molecule has 0 aromatic rings. The van der Waals surface area contributed by atoms with Crippen LogP contribution in [0.3, 0.4) is 0 Å². The predicted molar refractivity (Wildman–Crippen MR) is 291 cm³/mol. The van der Waals surface area contributed by atoms with Crippen LogP contribution < -0.4 is 0 Å². The van der Waals surface area contributed by atoms with E-state index < -0.39 is 25.7 Å². The summed E-state index contributed by atoms with van der Waals surface area (Å²) >= 11 is 0. The van der Waals surface area contributed by atoms with E-state index >= 15 is 0 Å². The molecule has 0 N–H and O–H groups in total. The van der Waals surface area contributed by atoms with Crippen molar-refractivity contribution in [3.05, 3.63) is 0 Å². The first kappa shape index (κ1) is 54.3. The molecule has 1 aliphatic heterocycles. The molecule has 3 nitrogen and oxygen atoms in total. The average Bonchev–Trinajstić information content (AvgIpc) is 3.25. The minimum absolute atomic E-state index is 0.564. The second-order valence-electron chi connectivity index (χ2n) is 29.1. The summed E-state index contributed by atoms with van der Waals surface area (Å²) in [4.78, 5) is 0. The zero-order valence-electron chi connectivity index (χ0n) is 47.3. The predicted octanol–water partition coefficient (Wildman–Crippen LogP) is 19.2. The van der Waals surface area contributed by atoms with Gasteiger partial charge in [-0.2, -0.15) is 0 Å². The lowest BCUT2D eigenvalue weighted by molar-refractivity contribution is 0.0587. The SMILES string of the molecule is CC1CCC(C(C)C)C([Si]2(C3CC(C)CCC3C(C)C)O[Si](C3CC(C)CCC3C(C)C)(C3CC(C)CCC3C(C)C)O[Si](C3CC(C)CCC3C(C)C)(C3CC(C)CCC3C(C)C)O2)C1. The van der Waals surface area contributed by atoms with Crippen LogP contribution in [0.5, 0.6) is 0 Å². The van der Waals surface area contributed by atoms with Gasteiger partial charge in [-0.15, -0.1) is 0 Å². The number of hydrogen-bond donors (Lipinski definition) is 0. The van der Waals surface area contributed by atoms with Gasteiger partial charge in [-0.1, -0.05) is 163 Å². The van der Waals surface area contributed by atoms with Gasteiger partial charge >= 0.3 is 25.7 Å². The molecular weight excluding hydrogens is 853 g/mol. The molecule has 0 bridgehead atoms. The molecule has 7 fully saturated rings. The van der Waals surface area contributed by atoms with Gasteiger partial charge in [0.15, 0.2) is 0 Å². The van der Waals surface area contributed by atoms with Crippen LogP contribution in [0.2, 0.25) is 33.2 Å². The molecule has 7 aliphatic rings. The van der Waals surface area contributed by atoms with E-state index in [1.54, 1.807) is 0 Å². The van der Waals surface area contributed by atoms with Crippen LogP contribution >= 0.6 is 0 Å². The van der Waals surface area contributed by atoms with Crippen LogP contribution in [0.1, 0.15) is 240 Å². The van der Waals surface area contributed by atoms with Gasteiger partial charge in [-0.05, 0) is 184 Å². The number of hydrogen-bond acceptors (Lipinski definition) is 3. The van der Waals surface area contributed by atoms with Crippen LogP contribution in [-0.4, -0.2) is 25.7 Å². The lowest BCUT2D eigenvalue weighted by Crippen LogP contribution is -2.80. The zero-order valence-corrected chi connectivity index (χ0v) is 50.3. The van der Waals surface area contributed by atoms with Gasteiger partial charge < -0.3 is 12.3 Å². The molecule has 66 heavy (non-hydrogen) atoms. The van der Waals surface area contributed by atoms with E-state index in [4.69, 9.17) is 0 Å². The molecule has 18 unspecified atom stereocenters. The van der Waals surface area contributed by atoms with E-state index in [1.807, 2.05) is 0 Å². The molecule has 18 atom stereocenters. The quantitative estimate of drug-likeness (QED) is 0.182. The van der Waals surface area contributed by atoms with Gasteiger partial charge in [0.05, 0.1) is 0 Å². The summed E-state index contributed by atoms with van der Waals surface area (Å²) in [5.74, 6) is 12.5. The Morgan fingerprint density at radius 3 is 0.500 bits per heavy atom. The van der Waals surface area contributed by atoms with Gasteiger partial charge in [-0.25, -0.2) is 0 Å². The van der Waals surface area contributed by atoms with Crippen LogP contribution in [0, 0.1) is 107 Å². The van der Waals surface area contributed by atoms with Crippen molar-refractivity contribution in [3.63, 3.8) is 0 Å². The summed E-state index contributed by atoms with van der Waals surface area (Å²) in [5, 5.41) is 0. The molecule has 384 valence electrons. The normalized spacial score (nSPS) is 49.1. The third-order valence-electron chi connectivity index (χ3n) is 22.2. The van der Waals surface area contributed by atoms with Crippen molar-refractivity contribution in [2.75, 3.05) is 0 Å². The lowest BCUT2D eigenvalue weighted by Gasteiger charge is -2.69. The Kier molecular flexibility index (Phi) is 18.1. The van der Waals surface area contributed by atoms with Gasteiger partial charge in [-0.3, -0.25) is 0 Å². The summed E-state index contributed by atoms with van der Waals surface area (Å²) in [6.45, 7) is 47.6. The molecule has 6 heteroatoms. The highest BCUT2D eigenvalue weighted by molar-refractivity contribution is 6.97. The molecule has 1 saturated heterocycles. The first-order chi connectivity index (χ1) is 31.0. The first-order valence-corrected chi connectivity index (χ1v) is 36.1. The van der Waals surface area contributed by atoms with Gasteiger partial charge in [0.25, 0.3) is 0 Å². The number of rotatable bonds is 12. The Hall–Kier alpha value is 0.531. The van der Waals surface area contributed by atoms with Crippen molar-refractivity contribution in [1.82, 2.24) is 0 Å². The lowest BCUT2D eigenvalue weighted by atomic mass is 9.76. The van der Waals surface area contributed by atoms with E-state index in [0.717, 1.165) is 35.5 Å². The van der Waals surface area contributed by atoms with E-state index in [-0.39, 0.29) is 0 Å². The Bertz CT molecular complexity index is 1240. The standard InChI is InChI=1S/C60H114O3Si3/c1-37(2)49-25-19-43(13)31-55(49)64(56-32-44(14)20-26-50(56)38(3)4)61-65(57-33-45(15)21-27-51(57)39(5)6,58-34-46(16)22-28-52(58)40(7)8)63-66(62-64,59-35-47(17)23-29-53(59)41(9)10)60-36-48(18)24-30-54(60)42(11)12/h37-60H,19-36H2,1-18H3.